The standard InChI is InChI=1S/C13H24N2OS/c1-3-16-10-5-7-14-8-9-15(2)12-13-6-4-11-17-13/h4,6,11,14H,3,5,7-10,12H2,1-2H3. The predicted octanol–water partition coefficient (Wildman–Crippen LogP) is 2.20. The van der Waals surface area contributed by atoms with Crippen molar-refractivity contribution in [1.29, 1.82) is 0 Å². The van der Waals surface area contributed by atoms with Gasteiger partial charge in [-0.15, -0.1) is 11.3 Å². The fourth-order valence-corrected chi connectivity index (χ4v) is 2.37. The first-order chi connectivity index (χ1) is 8.33. The van der Waals surface area contributed by atoms with Gasteiger partial charge in [-0.2, -0.15) is 0 Å². The summed E-state index contributed by atoms with van der Waals surface area (Å²) in [6, 6.07) is 4.30. The summed E-state index contributed by atoms with van der Waals surface area (Å²) < 4.78 is 5.28. The lowest BCUT2D eigenvalue weighted by atomic mass is 10.4. The largest absolute Gasteiger partial charge is 0.382 e. The first-order valence-electron chi connectivity index (χ1n) is 6.32. The van der Waals surface area contributed by atoms with Gasteiger partial charge in [-0.05, 0) is 38.4 Å². The number of hydrogen-bond donors (Lipinski definition) is 1. The summed E-state index contributed by atoms with van der Waals surface area (Å²) in [5, 5.41) is 5.57. The van der Waals surface area contributed by atoms with Crippen LogP contribution in [0, 0.1) is 0 Å². The molecule has 4 heteroatoms. The van der Waals surface area contributed by atoms with E-state index in [1.807, 2.05) is 18.3 Å². The molecule has 1 heterocycles. The Bertz CT molecular complexity index is 264. The van der Waals surface area contributed by atoms with Crippen LogP contribution in [-0.4, -0.2) is 44.8 Å². The van der Waals surface area contributed by atoms with Gasteiger partial charge < -0.3 is 15.0 Å². The fraction of sp³-hybridized carbons (Fsp3) is 0.692. The smallest absolute Gasteiger partial charge is 0.0477 e. The first kappa shape index (κ1) is 14.6. The average Bonchev–Trinajstić information content (AvgIpc) is 2.80. The van der Waals surface area contributed by atoms with Crippen LogP contribution in [0.3, 0.4) is 0 Å². The summed E-state index contributed by atoms with van der Waals surface area (Å²) >= 11 is 1.83. The van der Waals surface area contributed by atoms with Crippen LogP contribution in [-0.2, 0) is 11.3 Å². The number of nitrogens with one attached hydrogen (secondary N) is 1. The Hall–Kier alpha value is -0.420. The van der Waals surface area contributed by atoms with E-state index < -0.39 is 0 Å². The van der Waals surface area contributed by atoms with E-state index in [0.29, 0.717) is 0 Å². The van der Waals surface area contributed by atoms with Crippen molar-refractivity contribution in [2.45, 2.75) is 19.9 Å². The van der Waals surface area contributed by atoms with E-state index in [1.165, 1.54) is 4.88 Å². The zero-order valence-corrected chi connectivity index (χ0v) is 11.8. The lowest BCUT2D eigenvalue weighted by Gasteiger charge is -2.15. The molecule has 0 bridgehead atoms. The SMILES string of the molecule is CCOCCCNCCN(C)Cc1cccs1. The zero-order chi connectivity index (χ0) is 12.3. The molecule has 0 unspecified atom stereocenters. The molecule has 0 spiro atoms. The fourth-order valence-electron chi connectivity index (χ4n) is 1.59. The van der Waals surface area contributed by atoms with E-state index in [0.717, 1.165) is 45.8 Å². The van der Waals surface area contributed by atoms with Gasteiger partial charge in [0.1, 0.15) is 0 Å². The van der Waals surface area contributed by atoms with Gasteiger partial charge in [0.15, 0.2) is 0 Å². The van der Waals surface area contributed by atoms with E-state index in [2.05, 4.69) is 34.8 Å². The van der Waals surface area contributed by atoms with Crippen LogP contribution in [0.1, 0.15) is 18.2 Å². The summed E-state index contributed by atoms with van der Waals surface area (Å²) in [6.45, 7) is 7.97. The van der Waals surface area contributed by atoms with Crippen LogP contribution in [0.2, 0.25) is 0 Å². The molecule has 0 radical (unpaired) electrons. The van der Waals surface area contributed by atoms with Crippen LogP contribution < -0.4 is 5.32 Å². The van der Waals surface area contributed by atoms with Gasteiger partial charge in [0.25, 0.3) is 0 Å². The van der Waals surface area contributed by atoms with Crippen molar-refractivity contribution in [3.05, 3.63) is 22.4 Å². The van der Waals surface area contributed by atoms with Crippen LogP contribution in [0.4, 0.5) is 0 Å². The van der Waals surface area contributed by atoms with Gasteiger partial charge in [0.05, 0.1) is 0 Å². The number of likely N-dealkylation sites (N-methyl/N-ethyl adjacent to an activating group) is 1. The van der Waals surface area contributed by atoms with E-state index in [9.17, 15) is 0 Å². The Labute approximate surface area is 109 Å². The Balaban J connectivity index is 1.92. The Morgan fingerprint density at radius 3 is 3.00 bits per heavy atom. The van der Waals surface area contributed by atoms with Gasteiger partial charge >= 0.3 is 0 Å². The van der Waals surface area contributed by atoms with Crippen LogP contribution in [0.25, 0.3) is 0 Å². The number of hydrogen-bond acceptors (Lipinski definition) is 4. The normalized spacial score (nSPS) is 11.2. The van der Waals surface area contributed by atoms with Gasteiger partial charge in [0.2, 0.25) is 0 Å². The molecule has 1 aromatic rings. The molecule has 0 atom stereocenters. The third kappa shape index (κ3) is 7.49. The van der Waals surface area contributed by atoms with Crippen LogP contribution in [0.5, 0.6) is 0 Å². The summed E-state index contributed by atoms with van der Waals surface area (Å²) in [4.78, 5) is 3.78. The minimum Gasteiger partial charge on any atom is -0.382 e. The molecule has 0 aliphatic carbocycles. The summed E-state index contributed by atoms with van der Waals surface area (Å²) in [5.74, 6) is 0. The van der Waals surface area contributed by atoms with Crippen molar-refractivity contribution in [2.24, 2.45) is 0 Å². The molecule has 0 aliphatic rings. The Morgan fingerprint density at radius 1 is 1.41 bits per heavy atom. The lowest BCUT2D eigenvalue weighted by molar-refractivity contribution is 0.144. The number of thiophene rings is 1. The molecule has 0 aromatic carbocycles. The maximum Gasteiger partial charge on any atom is 0.0477 e. The van der Waals surface area contributed by atoms with Crippen LogP contribution in [0.15, 0.2) is 17.5 Å². The maximum absolute atomic E-state index is 5.28. The van der Waals surface area contributed by atoms with Crippen molar-refractivity contribution < 1.29 is 4.74 Å². The highest BCUT2D eigenvalue weighted by Crippen LogP contribution is 2.10. The molecular formula is C13H24N2OS. The molecule has 0 saturated heterocycles. The number of nitrogens with zero attached hydrogens (tertiary/aromatic N) is 1. The summed E-state index contributed by atoms with van der Waals surface area (Å²) in [7, 11) is 2.17. The van der Waals surface area contributed by atoms with Crippen molar-refractivity contribution in [3.8, 4) is 0 Å². The molecule has 3 nitrogen and oxygen atoms in total. The Morgan fingerprint density at radius 2 is 2.29 bits per heavy atom. The highest BCUT2D eigenvalue weighted by molar-refractivity contribution is 7.09. The van der Waals surface area contributed by atoms with Gasteiger partial charge in [-0.25, -0.2) is 0 Å². The quantitative estimate of drug-likeness (QED) is 0.650. The third-order valence-electron chi connectivity index (χ3n) is 2.52. The topological polar surface area (TPSA) is 24.5 Å². The number of rotatable bonds is 10. The molecule has 0 aliphatic heterocycles. The van der Waals surface area contributed by atoms with E-state index >= 15 is 0 Å². The van der Waals surface area contributed by atoms with E-state index in [4.69, 9.17) is 4.74 Å². The van der Waals surface area contributed by atoms with Gasteiger partial charge in [0, 0.05) is 37.7 Å². The van der Waals surface area contributed by atoms with E-state index in [1.54, 1.807) is 0 Å². The predicted molar refractivity (Wildman–Crippen MR) is 74.6 cm³/mol. The van der Waals surface area contributed by atoms with Crippen molar-refractivity contribution in [2.75, 3.05) is 39.9 Å². The molecule has 98 valence electrons. The highest BCUT2D eigenvalue weighted by atomic mass is 32.1. The van der Waals surface area contributed by atoms with Crippen molar-refractivity contribution in [3.63, 3.8) is 0 Å². The molecule has 0 fully saturated rings. The molecule has 0 amide bonds. The second kappa shape index (κ2) is 9.59. The van der Waals surface area contributed by atoms with Crippen molar-refractivity contribution >= 4 is 11.3 Å². The average molecular weight is 256 g/mol. The lowest BCUT2D eigenvalue weighted by Crippen LogP contribution is -2.29. The second-order valence-electron chi connectivity index (χ2n) is 4.12. The maximum atomic E-state index is 5.28. The molecular weight excluding hydrogens is 232 g/mol. The molecule has 1 N–H and O–H groups in total. The second-order valence-corrected chi connectivity index (χ2v) is 5.15. The minimum atomic E-state index is 0.823. The molecule has 1 rings (SSSR count). The van der Waals surface area contributed by atoms with Crippen molar-refractivity contribution in [1.82, 2.24) is 10.2 Å². The van der Waals surface area contributed by atoms with E-state index in [-0.39, 0.29) is 0 Å². The van der Waals surface area contributed by atoms with Crippen LogP contribution >= 0.6 is 11.3 Å². The summed E-state index contributed by atoms with van der Waals surface area (Å²) in [6.07, 6.45) is 1.10. The molecule has 0 saturated carbocycles. The van der Waals surface area contributed by atoms with Gasteiger partial charge in [-0.1, -0.05) is 6.07 Å². The summed E-state index contributed by atoms with van der Waals surface area (Å²) in [5.41, 5.74) is 0. The highest BCUT2D eigenvalue weighted by Gasteiger charge is 2.00. The zero-order valence-electron chi connectivity index (χ0n) is 10.9. The minimum absolute atomic E-state index is 0.823. The molecule has 1 aromatic heterocycles. The third-order valence-corrected chi connectivity index (χ3v) is 3.38. The first-order valence-corrected chi connectivity index (χ1v) is 7.20. The monoisotopic (exact) mass is 256 g/mol. The van der Waals surface area contributed by atoms with Gasteiger partial charge in [-0.3, -0.25) is 0 Å². The number of ether oxygens (including phenoxy) is 1. The molecule has 17 heavy (non-hydrogen) atoms. The Kier molecular flexibility index (Phi) is 8.26.